The fraction of sp³-hybridized carbons (Fsp3) is 0.111. The van der Waals surface area contributed by atoms with Gasteiger partial charge in [0.25, 0.3) is 5.91 Å². The third-order valence-electron chi connectivity index (χ3n) is 3.97. The predicted octanol–water partition coefficient (Wildman–Crippen LogP) is 3.51. The van der Waals surface area contributed by atoms with E-state index in [1.165, 1.54) is 6.07 Å². The van der Waals surface area contributed by atoms with Crippen LogP contribution in [0.15, 0.2) is 51.9 Å². The normalized spacial score (nSPS) is 11.4. The lowest BCUT2D eigenvalue weighted by molar-refractivity contribution is 0.102. The Balaban J connectivity index is 2.00. The zero-order valence-electron chi connectivity index (χ0n) is 14.5. The average Bonchev–Trinajstić information content (AvgIpc) is 2.97. The van der Waals surface area contributed by atoms with Crippen LogP contribution in [0.2, 0.25) is 5.02 Å². The minimum atomic E-state index is -3.91. The number of benzene rings is 2. The monoisotopic (exact) mass is 405 g/mol. The van der Waals surface area contributed by atoms with Gasteiger partial charge in [-0.15, -0.1) is 0 Å². The van der Waals surface area contributed by atoms with Gasteiger partial charge < -0.3 is 9.84 Å². The van der Waals surface area contributed by atoms with Gasteiger partial charge in [-0.2, -0.15) is 0 Å². The van der Waals surface area contributed by atoms with Crippen molar-refractivity contribution in [2.24, 2.45) is 5.14 Å². The van der Waals surface area contributed by atoms with Crippen LogP contribution >= 0.6 is 11.6 Å². The minimum absolute atomic E-state index is 0.0614. The smallest absolute Gasteiger partial charge is 0.261 e. The molecule has 140 valence electrons. The average molecular weight is 406 g/mol. The van der Waals surface area contributed by atoms with Gasteiger partial charge in [-0.1, -0.05) is 41.0 Å². The Bertz CT molecular complexity index is 1140. The van der Waals surface area contributed by atoms with Crippen LogP contribution in [0.5, 0.6) is 0 Å². The molecule has 0 saturated carbocycles. The van der Waals surface area contributed by atoms with Gasteiger partial charge in [0.05, 0.1) is 9.92 Å². The SMILES string of the molecule is Cc1ccc(NC(=O)c2c(-c3ccccc3Cl)noc2C)cc1S(N)(=O)=O. The lowest BCUT2D eigenvalue weighted by atomic mass is 10.1. The number of nitrogens with one attached hydrogen (secondary N) is 1. The van der Waals surface area contributed by atoms with E-state index in [9.17, 15) is 13.2 Å². The Kier molecular flexibility index (Phi) is 5.05. The number of primary sulfonamides is 1. The van der Waals surface area contributed by atoms with E-state index in [0.29, 0.717) is 27.6 Å². The van der Waals surface area contributed by atoms with Crippen LogP contribution in [0.3, 0.4) is 0 Å². The molecule has 0 saturated heterocycles. The number of anilines is 1. The maximum Gasteiger partial charge on any atom is 0.261 e. The largest absolute Gasteiger partial charge is 0.360 e. The molecule has 0 radical (unpaired) electrons. The molecule has 0 spiro atoms. The summed E-state index contributed by atoms with van der Waals surface area (Å²) in [6.45, 7) is 3.22. The molecule has 27 heavy (non-hydrogen) atoms. The number of nitrogens with zero attached hydrogens (tertiary/aromatic N) is 1. The van der Waals surface area contributed by atoms with E-state index in [1.807, 2.05) is 0 Å². The molecule has 0 bridgehead atoms. The van der Waals surface area contributed by atoms with Crippen molar-refractivity contribution in [3.8, 4) is 11.3 Å². The summed E-state index contributed by atoms with van der Waals surface area (Å²) in [5.41, 5.74) is 1.82. The van der Waals surface area contributed by atoms with Gasteiger partial charge in [0, 0.05) is 11.3 Å². The van der Waals surface area contributed by atoms with E-state index >= 15 is 0 Å². The molecular formula is C18H16ClN3O4S. The summed E-state index contributed by atoms with van der Waals surface area (Å²) in [7, 11) is -3.91. The van der Waals surface area contributed by atoms with Crippen molar-refractivity contribution < 1.29 is 17.7 Å². The number of aryl methyl sites for hydroxylation is 2. The Labute approximate surface area is 161 Å². The number of aromatic nitrogens is 1. The number of halogens is 1. The van der Waals surface area contributed by atoms with E-state index in [1.54, 1.807) is 50.2 Å². The van der Waals surface area contributed by atoms with Crippen molar-refractivity contribution in [2.75, 3.05) is 5.32 Å². The molecule has 0 fully saturated rings. The van der Waals surface area contributed by atoms with Crippen molar-refractivity contribution in [3.63, 3.8) is 0 Å². The molecule has 0 aliphatic carbocycles. The predicted molar refractivity (Wildman–Crippen MR) is 102 cm³/mol. The molecule has 7 nitrogen and oxygen atoms in total. The third kappa shape index (κ3) is 3.87. The standard InChI is InChI=1S/C18H16ClN3O4S/c1-10-7-8-12(9-15(10)27(20,24)25)21-18(23)16-11(2)26-22-17(16)13-5-3-4-6-14(13)19/h3-9H,1-2H3,(H,21,23)(H2,20,24,25). The maximum absolute atomic E-state index is 12.8. The van der Waals surface area contributed by atoms with E-state index < -0.39 is 15.9 Å². The zero-order chi connectivity index (χ0) is 19.8. The van der Waals surface area contributed by atoms with Crippen molar-refractivity contribution in [1.82, 2.24) is 5.16 Å². The van der Waals surface area contributed by atoms with Crippen LogP contribution in [-0.4, -0.2) is 19.5 Å². The fourth-order valence-electron chi connectivity index (χ4n) is 2.65. The molecule has 3 rings (SSSR count). The van der Waals surface area contributed by atoms with Crippen LogP contribution < -0.4 is 10.5 Å². The summed E-state index contributed by atoms with van der Waals surface area (Å²) in [5.74, 6) is -0.200. The molecule has 1 heterocycles. The molecule has 0 atom stereocenters. The quantitative estimate of drug-likeness (QED) is 0.689. The highest BCUT2D eigenvalue weighted by atomic mass is 35.5. The van der Waals surface area contributed by atoms with Crippen molar-refractivity contribution >= 4 is 33.2 Å². The van der Waals surface area contributed by atoms with Gasteiger partial charge >= 0.3 is 0 Å². The second-order valence-corrected chi connectivity index (χ2v) is 7.86. The Morgan fingerprint density at radius 2 is 1.89 bits per heavy atom. The number of carbonyl (C=O) groups is 1. The summed E-state index contributed by atoms with van der Waals surface area (Å²) in [6.07, 6.45) is 0. The Morgan fingerprint density at radius 3 is 2.56 bits per heavy atom. The number of carbonyl (C=O) groups excluding carboxylic acids is 1. The number of rotatable bonds is 4. The van der Waals surface area contributed by atoms with Crippen molar-refractivity contribution in [2.45, 2.75) is 18.7 Å². The van der Waals surface area contributed by atoms with Crippen LogP contribution in [0.25, 0.3) is 11.3 Å². The van der Waals surface area contributed by atoms with Gasteiger partial charge in [0.15, 0.2) is 0 Å². The van der Waals surface area contributed by atoms with E-state index in [4.69, 9.17) is 21.3 Å². The third-order valence-corrected chi connectivity index (χ3v) is 5.35. The Hall–Kier alpha value is -2.68. The summed E-state index contributed by atoms with van der Waals surface area (Å²) < 4.78 is 28.5. The van der Waals surface area contributed by atoms with Crippen LogP contribution in [0.4, 0.5) is 5.69 Å². The highest BCUT2D eigenvalue weighted by molar-refractivity contribution is 7.89. The number of hydrogen-bond acceptors (Lipinski definition) is 5. The van der Waals surface area contributed by atoms with E-state index in [0.717, 1.165) is 0 Å². The summed E-state index contributed by atoms with van der Waals surface area (Å²) in [4.78, 5) is 12.8. The van der Waals surface area contributed by atoms with E-state index in [2.05, 4.69) is 10.5 Å². The maximum atomic E-state index is 12.8. The molecule has 0 aliphatic heterocycles. The van der Waals surface area contributed by atoms with Crippen molar-refractivity contribution in [1.29, 1.82) is 0 Å². The first-order valence-corrected chi connectivity index (χ1v) is 9.77. The van der Waals surface area contributed by atoms with E-state index in [-0.39, 0.29) is 16.1 Å². The molecule has 0 aliphatic rings. The lowest BCUT2D eigenvalue weighted by Crippen LogP contribution is -2.16. The molecular weight excluding hydrogens is 390 g/mol. The van der Waals surface area contributed by atoms with Crippen LogP contribution in [0.1, 0.15) is 21.7 Å². The number of hydrogen-bond donors (Lipinski definition) is 2. The molecule has 0 unspecified atom stereocenters. The molecule has 2 aromatic carbocycles. The molecule has 1 amide bonds. The topological polar surface area (TPSA) is 115 Å². The second-order valence-electron chi connectivity index (χ2n) is 5.92. The number of nitrogens with two attached hydrogens (primary N) is 1. The lowest BCUT2D eigenvalue weighted by Gasteiger charge is -2.09. The number of sulfonamides is 1. The zero-order valence-corrected chi connectivity index (χ0v) is 16.1. The first-order valence-electron chi connectivity index (χ1n) is 7.84. The number of amides is 1. The summed E-state index contributed by atoms with van der Waals surface area (Å²) >= 11 is 6.20. The molecule has 3 N–H and O–H groups in total. The Morgan fingerprint density at radius 1 is 1.19 bits per heavy atom. The minimum Gasteiger partial charge on any atom is -0.360 e. The highest BCUT2D eigenvalue weighted by Crippen LogP contribution is 2.31. The second kappa shape index (κ2) is 7.15. The first kappa shape index (κ1) is 19.1. The fourth-order valence-corrected chi connectivity index (χ4v) is 3.69. The highest BCUT2D eigenvalue weighted by Gasteiger charge is 2.23. The molecule has 1 aromatic heterocycles. The van der Waals surface area contributed by atoms with Gasteiger partial charge in [0.1, 0.15) is 17.0 Å². The molecule has 3 aromatic rings. The first-order chi connectivity index (χ1) is 12.7. The van der Waals surface area contributed by atoms with Crippen LogP contribution in [-0.2, 0) is 10.0 Å². The molecule has 9 heteroatoms. The van der Waals surface area contributed by atoms with Gasteiger partial charge in [0.2, 0.25) is 10.0 Å². The summed E-state index contributed by atoms with van der Waals surface area (Å²) in [5, 5.41) is 12.2. The van der Waals surface area contributed by atoms with Gasteiger partial charge in [-0.05, 0) is 37.6 Å². The summed E-state index contributed by atoms with van der Waals surface area (Å²) in [6, 6.07) is 11.4. The van der Waals surface area contributed by atoms with Gasteiger partial charge in [-0.25, -0.2) is 13.6 Å². The van der Waals surface area contributed by atoms with Crippen molar-refractivity contribution in [3.05, 3.63) is 64.4 Å². The van der Waals surface area contributed by atoms with Gasteiger partial charge in [-0.3, -0.25) is 4.79 Å². The van der Waals surface area contributed by atoms with Crippen LogP contribution in [0, 0.1) is 13.8 Å².